The highest BCUT2D eigenvalue weighted by Crippen LogP contribution is 2.25. The van der Waals surface area contributed by atoms with Crippen molar-refractivity contribution in [2.24, 2.45) is 0 Å². The predicted molar refractivity (Wildman–Crippen MR) is 92.0 cm³/mol. The molecule has 1 aliphatic heterocycles. The fraction of sp³-hybridized carbons (Fsp3) is 0.600. The molecule has 1 saturated heterocycles. The molecule has 3 rings (SSSR count). The zero-order chi connectivity index (χ0) is 16.9. The predicted octanol–water partition coefficient (Wildman–Crippen LogP) is 0.908. The second kappa shape index (κ2) is 7.71. The fourth-order valence-corrected chi connectivity index (χ4v) is 3.65. The number of rotatable bonds is 6. The maximum atomic E-state index is 12.4. The Labute approximate surface area is 143 Å². The van der Waals surface area contributed by atoms with Crippen molar-refractivity contribution >= 4 is 27.3 Å². The Kier molecular flexibility index (Phi) is 5.41. The Hall–Kier alpha value is -2.00. The van der Waals surface area contributed by atoms with Crippen LogP contribution in [0.25, 0.3) is 4.96 Å². The van der Waals surface area contributed by atoms with E-state index in [-0.39, 0.29) is 11.6 Å². The summed E-state index contributed by atoms with van der Waals surface area (Å²) in [6, 6.07) is 1.23. The topological polar surface area (TPSA) is 88.8 Å². The molecule has 1 fully saturated rings. The first-order valence-corrected chi connectivity index (χ1v) is 8.93. The highest BCUT2D eigenvalue weighted by molar-refractivity contribution is 7.20. The van der Waals surface area contributed by atoms with Crippen LogP contribution in [0, 0.1) is 0 Å². The summed E-state index contributed by atoms with van der Waals surface area (Å²) >= 11 is 1.35. The van der Waals surface area contributed by atoms with Gasteiger partial charge < -0.3 is 15.0 Å². The van der Waals surface area contributed by atoms with Gasteiger partial charge in [-0.1, -0.05) is 11.3 Å². The number of methoxy groups -OCH3 is 1. The zero-order valence-corrected chi connectivity index (χ0v) is 14.5. The second-order valence-electron chi connectivity index (χ2n) is 5.71. The number of aromatic nitrogens is 3. The molecular weight excluding hydrogens is 330 g/mol. The molecule has 8 nitrogen and oxygen atoms in total. The summed E-state index contributed by atoms with van der Waals surface area (Å²) in [4.78, 5) is 30.8. The van der Waals surface area contributed by atoms with Gasteiger partial charge in [0.05, 0.1) is 0 Å². The number of fused-ring (bicyclic) bond motifs is 1. The van der Waals surface area contributed by atoms with Gasteiger partial charge in [-0.25, -0.2) is 0 Å². The van der Waals surface area contributed by atoms with Crippen molar-refractivity contribution in [1.29, 1.82) is 0 Å². The lowest BCUT2D eigenvalue weighted by molar-refractivity contribution is 0.0941. The smallest absolute Gasteiger partial charge is 0.274 e. The van der Waals surface area contributed by atoms with E-state index in [1.54, 1.807) is 7.11 Å². The van der Waals surface area contributed by atoms with Crippen LogP contribution in [0.3, 0.4) is 0 Å². The number of piperidine rings is 1. The van der Waals surface area contributed by atoms with Gasteiger partial charge in [0.15, 0.2) is 0 Å². The summed E-state index contributed by atoms with van der Waals surface area (Å²) in [6.07, 6.45) is 4.20. The molecule has 0 atom stereocenters. The monoisotopic (exact) mass is 351 g/mol. The summed E-state index contributed by atoms with van der Waals surface area (Å²) in [6.45, 7) is 2.95. The van der Waals surface area contributed by atoms with E-state index in [0.29, 0.717) is 24.5 Å². The van der Waals surface area contributed by atoms with Gasteiger partial charge in [0.2, 0.25) is 10.1 Å². The van der Waals surface area contributed by atoms with Crippen molar-refractivity contribution in [1.82, 2.24) is 19.9 Å². The summed E-state index contributed by atoms with van der Waals surface area (Å²) in [7, 11) is 1.62. The van der Waals surface area contributed by atoms with Crippen LogP contribution in [0.4, 0.5) is 5.13 Å². The number of ether oxygens (including phenoxy) is 1. The number of anilines is 1. The number of hydrogen-bond donors (Lipinski definition) is 1. The SMILES string of the molecule is COCCCNC(=O)c1cc(=O)nc2sc(N3CCCCC3)nn12. The number of nitrogens with one attached hydrogen (secondary N) is 1. The highest BCUT2D eigenvalue weighted by Gasteiger charge is 2.19. The van der Waals surface area contributed by atoms with Crippen molar-refractivity contribution in [2.45, 2.75) is 25.7 Å². The van der Waals surface area contributed by atoms with Crippen LogP contribution < -0.4 is 15.8 Å². The second-order valence-corrected chi connectivity index (χ2v) is 6.64. The van der Waals surface area contributed by atoms with Crippen molar-refractivity contribution in [3.8, 4) is 0 Å². The van der Waals surface area contributed by atoms with E-state index in [4.69, 9.17) is 4.74 Å². The molecule has 1 aliphatic rings. The van der Waals surface area contributed by atoms with Gasteiger partial charge in [-0.3, -0.25) is 9.59 Å². The third kappa shape index (κ3) is 3.73. The van der Waals surface area contributed by atoms with Crippen molar-refractivity contribution < 1.29 is 9.53 Å². The van der Waals surface area contributed by atoms with Gasteiger partial charge in [0, 0.05) is 39.4 Å². The van der Waals surface area contributed by atoms with E-state index in [9.17, 15) is 9.59 Å². The number of carbonyl (C=O) groups excluding carboxylic acids is 1. The Morgan fingerprint density at radius 2 is 2.17 bits per heavy atom. The molecule has 0 saturated carbocycles. The van der Waals surface area contributed by atoms with Crippen molar-refractivity contribution in [3.05, 3.63) is 22.1 Å². The zero-order valence-electron chi connectivity index (χ0n) is 13.7. The average Bonchev–Trinajstić information content (AvgIpc) is 3.02. The van der Waals surface area contributed by atoms with Gasteiger partial charge in [0.25, 0.3) is 11.5 Å². The Morgan fingerprint density at radius 1 is 1.38 bits per heavy atom. The number of carbonyl (C=O) groups is 1. The molecular formula is C15H21N5O3S. The summed E-state index contributed by atoms with van der Waals surface area (Å²) in [5.74, 6) is -0.323. The third-order valence-corrected chi connectivity index (χ3v) is 4.88. The molecule has 3 heterocycles. The molecule has 0 spiro atoms. The molecule has 0 radical (unpaired) electrons. The maximum Gasteiger partial charge on any atom is 0.274 e. The molecule has 9 heteroatoms. The lowest BCUT2D eigenvalue weighted by Crippen LogP contribution is -2.30. The molecule has 0 aliphatic carbocycles. The number of hydrogen-bond acceptors (Lipinski definition) is 7. The molecule has 0 aromatic carbocycles. The first-order valence-electron chi connectivity index (χ1n) is 8.12. The Morgan fingerprint density at radius 3 is 2.92 bits per heavy atom. The van der Waals surface area contributed by atoms with Crippen LogP contribution >= 0.6 is 11.3 Å². The van der Waals surface area contributed by atoms with Crippen molar-refractivity contribution in [2.75, 3.05) is 38.3 Å². The summed E-state index contributed by atoms with van der Waals surface area (Å²) < 4.78 is 6.43. The van der Waals surface area contributed by atoms with Crippen LogP contribution in [0.15, 0.2) is 10.9 Å². The van der Waals surface area contributed by atoms with Crippen LogP contribution in [0.2, 0.25) is 0 Å². The standard InChI is InChI=1S/C15H21N5O3S/c1-23-9-5-6-16-13(22)11-10-12(21)17-14-20(11)18-15(24-14)19-7-3-2-4-8-19/h10H,2-9H2,1H3,(H,16,22). The number of amides is 1. The van der Waals surface area contributed by atoms with Crippen LogP contribution in [-0.4, -0.2) is 53.9 Å². The van der Waals surface area contributed by atoms with Gasteiger partial charge in [-0.15, -0.1) is 5.10 Å². The van der Waals surface area contributed by atoms with Gasteiger partial charge in [-0.2, -0.15) is 9.50 Å². The minimum atomic E-state index is -0.425. The van der Waals surface area contributed by atoms with Crippen LogP contribution in [0.5, 0.6) is 0 Å². The van der Waals surface area contributed by atoms with E-state index in [0.717, 1.165) is 31.1 Å². The average molecular weight is 351 g/mol. The van der Waals surface area contributed by atoms with E-state index >= 15 is 0 Å². The highest BCUT2D eigenvalue weighted by atomic mass is 32.1. The van der Waals surface area contributed by atoms with Crippen LogP contribution in [-0.2, 0) is 4.74 Å². The largest absolute Gasteiger partial charge is 0.385 e. The summed E-state index contributed by atoms with van der Waals surface area (Å²) in [5, 5.41) is 8.11. The minimum absolute atomic E-state index is 0.224. The van der Waals surface area contributed by atoms with Gasteiger partial charge >= 0.3 is 0 Å². The quantitative estimate of drug-likeness (QED) is 0.778. The molecule has 2 aromatic rings. The normalized spacial score (nSPS) is 15.0. The molecule has 0 unspecified atom stereocenters. The van der Waals surface area contributed by atoms with E-state index in [1.807, 2.05) is 0 Å². The van der Waals surface area contributed by atoms with Gasteiger partial charge in [-0.05, 0) is 25.7 Å². The van der Waals surface area contributed by atoms with E-state index < -0.39 is 5.56 Å². The first-order chi connectivity index (χ1) is 11.7. The third-order valence-electron chi connectivity index (χ3n) is 3.91. The van der Waals surface area contributed by atoms with E-state index in [1.165, 1.54) is 28.3 Å². The van der Waals surface area contributed by atoms with Crippen LogP contribution in [0.1, 0.15) is 36.2 Å². The first kappa shape index (κ1) is 16.8. The Balaban J connectivity index is 1.85. The summed E-state index contributed by atoms with van der Waals surface area (Å²) in [5.41, 5.74) is -0.201. The molecule has 130 valence electrons. The fourth-order valence-electron chi connectivity index (χ4n) is 2.69. The van der Waals surface area contributed by atoms with Crippen molar-refractivity contribution in [3.63, 3.8) is 0 Å². The molecule has 2 aromatic heterocycles. The molecule has 0 bridgehead atoms. The van der Waals surface area contributed by atoms with E-state index in [2.05, 4.69) is 20.3 Å². The maximum absolute atomic E-state index is 12.4. The number of nitrogens with zero attached hydrogens (tertiary/aromatic N) is 4. The Bertz CT molecular complexity index is 766. The minimum Gasteiger partial charge on any atom is -0.385 e. The molecule has 24 heavy (non-hydrogen) atoms. The molecule has 1 N–H and O–H groups in total. The molecule has 1 amide bonds. The lowest BCUT2D eigenvalue weighted by Gasteiger charge is -2.25. The lowest BCUT2D eigenvalue weighted by atomic mass is 10.1. The van der Waals surface area contributed by atoms with Gasteiger partial charge in [0.1, 0.15) is 5.69 Å².